The van der Waals surface area contributed by atoms with E-state index in [2.05, 4.69) is 26.3 Å². The van der Waals surface area contributed by atoms with Gasteiger partial charge < -0.3 is 5.32 Å². The number of nitrogens with zero attached hydrogens (tertiary/aromatic N) is 2. The molecule has 0 bridgehead atoms. The summed E-state index contributed by atoms with van der Waals surface area (Å²) in [5.74, 6) is -0.0579. The lowest BCUT2D eigenvalue weighted by Gasteiger charge is -2.21. The van der Waals surface area contributed by atoms with Crippen molar-refractivity contribution < 1.29 is 4.79 Å². The molecule has 0 aromatic carbocycles. The first-order valence-electron chi connectivity index (χ1n) is 3.71. The van der Waals surface area contributed by atoms with Crippen LogP contribution in [0.5, 0.6) is 0 Å². The van der Waals surface area contributed by atoms with Crippen molar-refractivity contribution in [1.82, 2.24) is 15.1 Å². The van der Waals surface area contributed by atoms with Gasteiger partial charge in [-0.2, -0.15) is 5.10 Å². The minimum absolute atomic E-state index is 0.0579. The van der Waals surface area contributed by atoms with Gasteiger partial charge in [-0.15, -0.1) is 0 Å². The second-order valence-electron chi connectivity index (χ2n) is 2.84. The fourth-order valence-electron chi connectivity index (χ4n) is 1.30. The maximum Gasteiger partial charge on any atom is 0.270 e. The van der Waals surface area contributed by atoms with Gasteiger partial charge in [-0.05, 0) is 22.9 Å². The molecule has 2 rings (SSSR count). The quantitative estimate of drug-likeness (QED) is 0.721. The number of aromatic nitrogens is 2. The Morgan fingerprint density at radius 2 is 2.58 bits per heavy atom. The first-order chi connectivity index (χ1) is 5.70. The average molecular weight is 230 g/mol. The van der Waals surface area contributed by atoms with Crippen molar-refractivity contribution in [2.75, 3.05) is 6.54 Å². The van der Waals surface area contributed by atoms with Gasteiger partial charge in [0.1, 0.15) is 5.69 Å². The van der Waals surface area contributed by atoms with Crippen LogP contribution in [0.25, 0.3) is 0 Å². The molecule has 5 heteroatoms. The molecule has 4 nitrogen and oxygen atoms in total. The van der Waals surface area contributed by atoms with Gasteiger partial charge in [0.2, 0.25) is 0 Å². The summed E-state index contributed by atoms with van der Waals surface area (Å²) < 4.78 is 2.50. The van der Waals surface area contributed by atoms with Gasteiger partial charge in [0.05, 0.1) is 16.7 Å². The molecule has 0 saturated heterocycles. The first-order valence-corrected chi connectivity index (χ1v) is 4.50. The summed E-state index contributed by atoms with van der Waals surface area (Å²) in [4.78, 5) is 11.3. The number of hydrogen-bond acceptors (Lipinski definition) is 2. The van der Waals surface area contributed by atoms with Crippen LogP contribution in [0.2, 0.25) is 0 Å². The van der Waals surface area contributed by atoms with Gasteiger partial charge in [-0.1, -0.05) is 0 Å². The minimum atomic E-state index is -0.0579. The maximum atomic E-state index is 11.3. The second-order valence-corrected chi connectivity index (χ2v) is 3.70. The Kier molecular flexibility index (Phi) is 1.68. The number of halogens is 1. The molecule has 1 aliphatic rings. The molecular formula is C7H8BrN3O. The number of amides is 1. The van der Waals surface area contributed by atoms with Crippen molar-refractivity contribution in [3.05, 3.63) is 16.4 Å². The first kappa shape index (κ1) is 7.79. The molecule has 1 amide bonds. The van der Waals surface area contributed by atoms with E-state index in [0.29, 0.717) is 12.2 Å². The van der Waals surface area contributed by atoms with Gasteiger partial charge in [0.25, 0.3) is 5.91 Å². The summed E-state index contributed by atoms with van der Waals surface area (Å²) in [5.41, 5.74) is 0.619. The van der Waals surface area contributed by atoms with E-state index in [4.69, 9.17) is 0 Å². The van der Waals surface area contributed by atoms with E-state index in [-0.39, 0.29) is 11.9 Å². The highest BCUT2D eigenvalue weighted by atomic mass is 79.9. The fourth-order valence-corrected chi connectivity index (χ4v) is 1.75. The highest BCUT2D eigenvalue weighted by molar-refractivity contribution is 9.10. The lowest BCUT2D eigenvalue weighted by Crippen LogP contribution is -2.38. The zero-order valence-corrected chi connectivity index (χ0v) is 8.13. The Morgan fingerprint density at radius 1 is 1.83 bits per heavy atom. The van der Waals surface area contributed by atoms with Crippen molar-refractivity contribution in [3.8, 4) is 0 Å². The van der Waals surface area contributed by atoms with Crippen LogP contribution in [-0.2, 0) is 0 Å². The van der Waals surface area contributed by atoms with Crippen LogP contribution < -0.4 is 5.32 Å². The SMILES string of the molecule is C[C@H]1CNC(=O)c2c(Br)cnn21. The third-order valence-electron chi connectivity index (χ3n) is 1.94. The summed E-state index contributed by atoms with van der Waals surface area (Å²) in [6.45, 7) is 2.67. The van der Waals surface area contributed by atoms with Gasteiger partial charge in [-0.3, -0.25) is 9.48 Å². The van der Waals surface area contributed by atoms with Gasteiger partial charge in [-0.25, -0.2) is 0 Å². The van der Waals surface area contributed by atoms with E-state index >= 15 is 0 Å². The molecule has 1 aromatic heterocycles. The highest BCUT2D eigenvalue weighted by Gasteiger charge is 2.24. The van der Waals surface area contributed by atoms with Crippen molar-refractivity contribution in [2.24, 2.45) is 0 Å². The molecular weight excluding hydrogens is 222 g/mol. The van der Waals surface area contributed by atoms with Crippen LogP contribution in [0.1, 0.15) is 23.5 Å². The monoisotopic (exact) mass is 229 g/mol. The van der Waals surface area contributed by atoms with E-state index in [9.17, 15) is 4.79 Å². The molecule has 0 fully saturated rings. The molecule has 0 saturated carbocycles. The zero-order chi connectivity index (χ0) is 8.72. The molecule has 0 aliphatic carbocycles. The highest BCUT2D eigenvalue weighted by Crippen LogP contribution is 2.21. The van der Waals surface area contributed by atoms with Crippen LogP contribution >= 0.6 is 15.9 Å². The Labute approximate surface area is 78.1 Å². The number of carbonyl (C=O) groups is 1. The Hall–Kier alpha value is -0.840. The molecule has 0 unspecified atom stereocenters. The molecule has 1 N–H and O–H groups in total. The summed E-state index contributed by atoms with van der Waals surface area (Å²) in [6.07, 6.45) is 1.65. The number of rotatable bonds is 0. The van der Waals surface area contributed by atoms with Gasteiger partial charge >= 0.3 is 0 Å². The topological polar surface area (TPSA) is 46.9 Å². The van der Waals surface area contributed by atoms with E-state index < -0.39 is 0 Å². The number of fused-ring (bicyclic) bond motifs is 1. The summed E-state index contributed by atoms with van der Waals surface area (Å²) >= 11 is 3.28. The molecule has 1 atom stereocenters. The molecule has 0 spiro atoms. The lowest BCUT2D eigenvalue weighted by molar-refractivity contribution is 0.0911. The molecule has 0 radical (unpaired) electrons. The van der Waals surface area contributed by atoms with Gasteiger partial charge in [0, 0.05) is 6.54 Å². The van der Waals surface area contributed by atoms with Crippen molar-refractivity contribution in [3.63, 3.8) is 0 Å². The predicted molar refractivity (Wildman–Crippen MR) is 47.0 cm³/mol. The van der Waals surface area contributed by atoms with Crippen LogP contribution in [-0.4, -0.2) is 22.2 Å². The number of nitrogens with one attached hydrogen (secondary N) is 1. The smallest absolute Gasteiger partial charge is 0.270 e. The Morgan fingerprint density at radius 3 is 3.25 bits per heavy atom. The predicted octanol–water partition coefficient (Wildman–Crippen LogP) is 0.950. The summed E-state index contributed by atoms with van der Waals surface area (Å²) in [5, 5.41) is 6.88. The lowest BCUT2D eigenvalue weighted by atomic mass is 10.2. The Bertz CT molecular complexity index is 333. The molecule has 64 valence electrons. The normalized spacial score (nSPS) is 21.8. The molecule has 1 aromatic rings. The summed E-state index contributed by atoms with van der Waals surface area (Å²) in [7, 11) is 0. The molecule has 12 heavy (non-hydrogen) atoms. The molecule has 2 heterocycles. The number of carbonyl (C=O) groups excluding carboxylic acids is 1. The van der Waals surface area contributed by atoms with E-state index in [1.54, 1.807) is 10.9 Å². The van der Waals surface area contributed by atoms with E-state index in [1.165, 1.54) is 0 Å². The average Bonchev–Trinajstić information content (AvgIpc) is 2.42. The fraction of sp³-hybridized carbons (Fsp3) is 0.429. The summed E-state index contributed by atoms with van der Waals surface area (Å²) in [6, 6.07) is 0.240. The number of hydrogen-bond donors (Lipinski definition) is 1. The third kappa shape index (κ3) is 0.964. The van der Waals surface area contributed by atoms with Crippen molar-refractivity contribution in [2.45, 2.75) is 13.0 Å². The largest absolute Gasteiger partial charge is 0.349 e. The van der Waals surface area contributed by atoms with Crippen LogP contribution in [0.4, 0.5) is 0 Å². The second kappa shape index (κ2) is 2.58. The third-order valence-corrected chi connectivity index (χ3v) is 2.52. The maximum absolute atomic E-state index is 11.3. The van der Waals surface area contributed by atoms with E-state index in [1.807, 2.05) is 6.92 Å². The van der Waals surface area contributed by atoms with Crippen LogP contribution in [0.15, 0.2) is 10.7 Å². The molecule has 1 aliphatic heterocycles. The van der Waals surface area contributed by atoms with E-state index in [0.717, 1.165) is 4.47 Å². The van der Waals surface area contributed by atoms with Crippen molar-refractivity contribution in [1.29, 1.82) is 0 Å². The van der Waals surface area contributed by atoms with Crippen molar-refractivity contribution >= 4 is 21.8 Å². The van der Waals surface area contributed by atoms with Crippen LogP contribution in [0, 0.1) is 0 Å². The zero-order valence-electron chi connectivity index (χ0n) is 6.54. The van der Waals surface area contributed by atoms with Crippen LogP contribution in [0.3, 0.4) is 0 Å². The standard InChI is InChI=1S/C7H8BrN3O/c1-4-2-9-7(12)6-5(8)3-10-11(4)6/h3-4H,2H2,1H3,(H,9,12)/t4-/m0/s1. The van der Waals surface area contributed by atoms with Gasteiger partial charge in [0.15, 0.2) is 0 Å². The Balaban J connectivity index is 2.57. The minimum Gasteiger partial charge on any atom is -0.349 e.